The zero-order valence-electron chi connectivity index (χ0n) is 14.0. The van der Waals surface area contributed by atoms with Crippen LogP contribution in [-0.4, -0.2) is 5.97 Å². The molecule has 1 fully saturated rings. The summed E-state index contributed by atoms with van der Waals surface area (Å²) in [6.07, 6.45) is 7.22. The summed E-state index contributed by atoms with van der Waals surface area (Å²) in [5, 5.41) is 0. The summed E-state index contributed by atoms with van der Waals surface area (Å²) >= 11 is 0. The second kappa shape index (κ2) is 8.00. The minimum Gasteiger partial charge on any atom is -0.424 e. The third-order valence-corrected chi connectivity index (χ3v) is 4.75. The molecule has 0 spiro atoms. The minimum absolute atomic E-state index is 0.0509. The highest BCUT2D eigenvalue weighted by Gasteiger charge is 2.25. The Kier molecular flexibility index (Phi) is 5.52. The van der Waals surface area contributed by atoms with Crippen LogP contribution in [0.3, 0.4) is 0 Å². The first-order valence-corrected chi connectivity index (χ1v) is 8.86. The molecule has 1 aliphatic carbocycles. The number of nitrogens with two attached hydrogens (primary N) is 1. The number of carbonyl (C=O) groups excluding carboxylic acids is 1. The molecule has 3 nitrogen and oxygen atoms in total. The van der Waals surface area contributed by atoms with E-state index in [-0.39, 0.29) is 11.9 Å². The maximum Gasteiger partial charge on any atom is 0.314 e. The predicted molar refractivity (Wildman–Crippen MR) is 96.9 cm³/mol. The van der Waals surface area contributed by atoms with Crippen LogP contribution in [0.4, 0.5) is 5.69 Å². The molecular formula is C21H25NO2. The molecule has 0 bridgehead atoms. The summed E-state index contributed by atoms with van der Waals surface area (Å²) < 4.78 is 5.49. The van der Waals surface area contributed by atoms with Gasteiger partial charge in [0, 0.05) is 0 Å². The van der Waals surface area contributed by atoms with Gasteiger partial charge in [0.1, 0.15) is 0 Å². The molecule has 0 atom stereocenters. The van der Waals surface area contributed by atoms with Crippen molar-refractivity contribution >= 4 is 11.7 Å². The van der Waals surface area contributed by atoms with Gasteiger partial charge in [-0.3, -0.25) is 4.79 Å². The quantitative estimate of drug-likeness (QED) is 0.482. The molecule has 24 heavy (non-hydrogen) atoms. The van der Waals surface area contributed by atoms with Crippen LogP contribution in [0.25, 0.3) is 0 Å². The molecule has 2 aromatic rings. The van der Waals surface area contributed by atoms with E-state index in [0.29, 0.717) is 11.4 Å². The molecule has 0 heterocycles. The average molecular weight is 323 g/mol. The number of ether oxygens (including phenoxy) is 1. The maximum atomic E-state index is 12.1. The van der Waals surface area contributed by atoms with Crippen molar-refractivity contribution in [1.82, 2.24) is 0 Å². The topological polar surface area (TPSA) is 52.3 Å². The molecular weight excluding hydrogens is 298 g/mol. The van der Waals surface area contributed by atoms with Crippen molar-refractivity contribution in [2.75, 3.05) is 5.73 Å². The van der Waals surface area contributed by atoms with Crippen molar-refractivity contribution in [2.24, 2.45) is 5.92 Å². The zero-order valence-corrected chi connectivity index (χ0v) is 14.0. The summed E-state index contributed by atoms with van der Waals surface area (Å²) in [5.74, 6) is 0.421. The predicted octanol–water partition coefficient (Wildman–Crippen LogP) is 4.54. The van der Waals surface area contributed by atoms with E-state index in [0.717, 1.165) is 44.9 Å². The number of aryl methyl sites for hydroxylation is 2. The second-order valence-electron chi connectivity index (χ2n) is 6.61. The SMILES string of the molecule is Nc1cc(CCCc2ccccc2)ccc1OC(=O)C1CCCC1. The fourth-order valence-electron chi connectivity index (χ4n) is 3.34. The lowest BCUT2D eigenvalue weighted by atomic mass is 10.0. The Morgan fingerprint density at radius 2 is 1.71 bits per heavy atom. The highest BCUT2D eigenvalue weighted by molar-refractivity contribution is 5.77. The van der Waals surface area contributed by atoms with Crippen LogP contribution in [0.5, 0.6) is 5.75 Å². The van der Waals surface area contributed by atoms with E-state index in [4.69, 9.17) is 10.5 Å². The summed E-state index contributed by atoms with van der Waals surface area (Å²) in [5.41, 5.74) is 9.17. The lowest BCUT2D eigenvalue weighted by Gasteiger charge is -2.12. The minimum atomic E-state index is -0.129. The van der Waals surface area contributed by atoms with E-state index in [1.165, 1.54) is 11.1 Å². The fourth-order valence-corrected chi connectivity index (χ4v) is 3.34. The van der Waals surface area contributed by atoms with Gasteiger partial charge in [0.15, 0.2) is 5.75 Å². The largest absolute Gasteiger partial charge is 0.424 e. The van der Waals surface area contributed by atoms with Crippen molar-refractivity contribution in [3.8, 4) is 5.75 Å². The van der Waals surface area contributed by atoms with Gasteiger partial charge in [-0.25, -0.2) is 0 Å². The highest BCUT2D eigenvalue weighted by atomic mass is 16.5. The molecule has 2 aromatic carbocycles. The highest BCUT2D eigenvalue weighted by Crippen LogP contribution is 2.29. The van der Waals surface area contributed by atoms with E-state index < -0.39 is 0 Å². The maximum absolute atomic E-state index is 12.1. The smallest absolute Gasteiger partial charge is 0.314 e. The first-order chi connectivity index (χ1) is 11.7. The Bertz CT molecular complexity index is 675. The number of nitrogen functional groups attached to an aromatic ring is 1. The van der Waals surface area contributed by atoms with Crippen molar-refractivity contribution in [3.63, 3.8) is 0 Å². The molecule has 3 rings (SSSR count). The summed E-state index contributed by atoms with van der Waals surface area (Å²) in [7, 11) is 0. The van der Waals surface area contributed by atoms with E-state index in [1.807, 2.05) is 24.3 Å². The van der Waals surface area contributed by atoms with E-state index in [9.17, 15) is 4.79 Å². The van der Waals surface area contributed by atoms with Gasteiger partial charge in [-0.2, -0.15) is 0 Å². The third kappa shape index (κ3) is 4.38. The number of carbonyl (C=O) groups is 1. The second-order valence-corrected chi connectivity index (χ2v) is 6.61. The van der Waals surface area contributed by atoms with E-state index >= 15 is 0 Å². The molecule has 0 aliphatic heterocycles. The molecule has 0 unspecified atom stereocenters. The van der Waals surface area contributed by atoms with E-state index in [1.54, 1.807) is 0 Å². The Hall–Kier alpha value is -2.29. The van der Waals surface area contributed by atoms with Gasteiger partial charge in [-0.15, -0.1) is 0 Å². The Labute approximate surface area is 143 Å². The number of benzene rings is 2. The van der Waals surface area contributed by atoms with Crippen LogP contribution in [-0.2, 0) is 17.6 Å². The number of esters is 1. The molecule has 0 amide bonds. The molecule has 3 heteroatoms. The Morgan fingerprint density at radius 3 is 2.42 bits per heavy atom. The van der Waals surface area contributed by atoms with Crippen LogP contribution in [0.1, 0.15) is 43.2 Å². The first-order valence-electron chi connectivity index (χ1n) is 8.86. The van der Waals surface area contributed by atoms with Gasteiger partial charge in [0.2, 0.25) is 0 Å². The van der Waals surface area contributed by atoms with Gasteiger partial charge in [-0.1, -0.05) is 49.2 Å². The summed E-state index contributed by atoms with van der Waals surface area (Å²) in [6.45, 7) is 0. The van der Waals surface area contributed by atoms with Crippen LogP contribution in [0.15, 0.2) is 48.5 Å². The lowest BCUT2D eigenvalue weighted by Crippen LogP contribution is -2.18. The Balaban J connectivity index is 1.53. The lowest BCUT2D eigenvalue weighted by molar-refractivity contribution is -0.138. The number of rotatable bonds is 6. The number of hydrogen-bond acceptors (Lipinski definition) is 3. The van der Waals surface area contributed by atoms with Crippen molar-refractivity contribution in [3.05, 3.63) is 59.7 Å². The monoisotopic (exact) mass is 323 g/mol. The first kappa shape index (κ1) is 16.6. The standard InChI is InChI=1S/C21H25NO2/c22-19-15-17(10-6-9-16-7-2-1-3-8-16)13-14-20(19)24-21(23)18-11-4-5-12-18/h1-3,7-8,13-15,18H,4-6,9-12,22H2. The van der Waals surface area contributed by atoms with Crippen molar-refractivity contribution in [2.45, 2.75) is 44.9 Å². The van der Waals surface area contributed by atoms with Crippen molar-refractivity contribution in [1.29, 1.82) is 0 Å². The normalized spacial score (nSPS) is 14.7. The van der Waals surface area contributed by atoms with Gasteiger partial charge >= 0.3 is 5.97 Å². The molecule has 0 aromatic heterocycles. The number of hydrogen-bond donors (Lipinski definition) is 1. The molecule has 0 radical (unpaired) electrons. The van der Waals surface area contributed by atoms with Crippen molar-refractivity contribution < 1.29 is 9.53 Å². The molecule has 2 N–H and O–H groups in total. The number of anilines is 1. The van der Waals surface area contributed by atoms with Gasteiger partial charge in [0.25, 0.3) is 0 Å². The summed E-state index contributed by atoms with van der Waals surface area (Å²) in [4.78, 5) is 12.1. The molecule has 126 valence electrons. The molecule has 1 aliphatic rings. The van der Waals surface area contributed by atoms with Gasteiger partial charge in [0.05, 0.1) is 11.6 Å². The van der Waals surface area contributed by atoms with Crippen LogP contribution in [0.2, 0.25) is 0 Å². The van der Waals surface area contributed by atoms with Crippen LogP contribution < -0.4 is 10.5 Å². The molecule has 0 saturated heterocycles. The van der Waals surface area contributed by atoms with E-state index in [2.05, 4.69) is 24.3 Å². The zero-order chi connectivity index (χ0) is 16.8. The van der Waals surface area contributed by atoms with Crippen LogP contribution in [0, 0.1) is 5.92 Å². The van der Waals surface area contributed by atoms with Gasteiger partial charge in [-0.05, 0) is 55.4 Å². The Morgan fingerprint density at radius 1 is 1.00 bits per heavy atom. The average Bonchev–Trinajstić information content (AvgIpc) is 3.13. The van der Waals surface area contributed by atoms with Crippen LogP contribution >= 0.6 is 0 Å². The third-order valence-electron chi connectivity index (χ3n) is 4.75. The van der Waals surface area contributed by atoms with Gasteiger partial charge < -0.3 is 10.5 Å². The molecule has 1 saturated carbocycles. The fraction of sp³-hybridized carbons (Fsp3) is 0.381. The summed E-state index contributed by atoms with van der Waals surface area (Å²) in [6, 6.07) is 16.3.